The highest BCUT2D eigenvalue weighted by Gasteiger charge is 2.32. The number of hydrogen-bond acceptors (Lipinski definition) is 5. The number of aromatic hydroxyl groups is 1. The van der Waals surface area contributed by atoms with Crippen molar-refractivity contribution in [2.24, 2.45) is 5.92 Å². The molecule has 0 aliphatic carbocycles. The molecule has 9 heteroatoms. The second kappa shape index (κ2) is 8.13. The zero-order valence-electron chi connectivity index (χ0n) is 14.0. The summed E-state index contributed by atoms with van der Waals surface area (Å²) in [7, 11) is 0. The van der Waals surface area contributed by atoms with Crippen molar-refractivity contribution in [1.82, 2.24) is 5.32 Å². The van der Waals surface area contributed by atoms with Crippen molar-refractivity contribution in [2.75, 3.05) is 11.4 Å². The van der Waals surface area contributed by atoms with E-state index in [4.69, 9.17) is 10.2 Å². The van der Waals surface area contributed by atoms with Gasteiger partial charge in [0.1, 0.15) is 23.9 Å². The van der Waals surface area contributed by atoms with E-state index < -0.39 is 42.1 Å². The summed E-state index contributed by atoms with van der Waals surface area (Å²) in [6.07, 6.45) is 0. The maximum Gasteiger partial charge on any atom is 0.339 e. The first-order valence-corrected chi connectivity index (χ1v) is 7.41. The summed E-state index contributed by atoms with van der Waals surface area (Å²) in [5, 5.41) is 29.7. The van der Waals surface area contributed by atoms with Crippen LogP contribution in [0.1, 0.15) is 31.1 Å². The molecule has 0 radical (unpaired) electrons. The van der Waals surface area contributed by atoms with Gasteiger partial charge in [-0.2, -0.15) is 0 Å². The molecule has 1 aromatic carbocycles. The van der Waals surface area contributed by atoms with E-state index in [2.05, 4.69) is 5.32 Å². The smallest absolute Gasteiger partial charge is 0.339 e. The highest BCUT2D eigenvalue weighted by atomic mass is 16.4. The van der Waals surface area contributed by atoms with Crippen molar-refractivity contribution >= 4 is 29.4 Å². The van der Waals surface area contributed by atoms with E-state index in [0.29, 0.717) is 0 Å². The summed E-state index contributed by atoms with van der Waals surface area (Å²) in [4.78, 5) is 47.1. The third-order valence-corrected chi connectivity index (χ3v) is 3.42. The highest BCUT2D eigenvalue weighted by Crippen LogP contribution is 2.28. The van der Waals surface area contributed by atoms with Gasteiger partial charge in [-0.05, 0) is 18.1 Å². The van der Waals surface area contributed by atoms with Crippen LogP contribution < -0.4 is 10.2 Å². The number of amides is 2. The Morgan fingerprint density at radius 3 is 2.16 bits per heavy atom. The molecular weight excluding hydrogens is 332 g/mol. The molecular formula is C16H20N2O7. The summed E-state index contributed by atoms with van der Waals surface area (Å²) in [5.41, 5.74) is -0.220. The largest absolute Gasteiger partial charge is 0.507 e. The molecule has 4 N–H and O–H groups in total. The maximum absolute atomic E-state index is 12.3. The molecule has 0 aromatic heterocycles. The Morgan fingerprint density at radius 1 is 1.16 bits per heavy atom. The maximum atomic E-state index is 12.3. The molecule has 0 fully saturated rings. The number of nitrogens with one attached hydrogen (secondary N) is 1. The van der Waals surface area contributed by atoms with Crippen LogP contribution in [0.15, 0.2) is 18.2 Å². The fraction of sp³-hybridized carbons (Fsp3) is 0.375. The van der Waals surface area contributed by atoms with Crippen LogP contribution >= 0.6 is 0 Å². The number of carbonyl (C=O) groups is 4. The highest BCUT2D eigenvalue weighted by molar-refractivity contribution is 6.01. The minimum absolute atomic E-state index is 0.124. The number of phenols is 1. The Bertz CT molecular complexity index is 700. The van der Waals surface area contributed by atoms with Crippen molar-refractivity contribution in [1.29, 1.82) is 0 Å². The Morgan fingerprint density at radius 2 is 1.76 bits per heavy atom. The van der Waals surface area contributed by atoms with Crippen LogP contribution in [0.4, 0.5) is 5.69 Å². The number of aromatic carboxylic acids is 1. The Kier molecular flexibility index (Phi) is 6.49. The molecule has 25 heavy (non-hydrogen) atoms. The van der Waals surface area contributed by atoms with Gasteiger partial charge in [-0.15, -0.1) is 0 Å². The van der Waals surface area contributed by atoms with Gasteiger partial charge in [0.2, 0.25) is 11.8 Å². The lowest BCUT2D eigenvalue weighted by Crippen LogP contribution is -2.52. The standard InChI is InChI=1S/C16H20N2O7/c1-8(2)14(15(23)17-7-13(21)22)18(9(3)19)10-4-5-11(16(24)25)12(20)6-10/h4-6,8,14,20H,7H2,1-3H3,(H,17,23)(H,21,22)(H,24,25). The normalized spacial score (nSPS) is 11.7. The molecule has 0 spiro atoms. The molecule has 0 aliphatic rings. The van der Waals surface area contributed by atoms with E-state index in [-0.39, 0.29) is 17.2 Å². The van der Waals surface area contributed by atoms with E-state index >= 15 is 0 Å². The average Bonchev–Trinajstić information content (AvgIpc) is 2.48. The summed E-state index contributed by atoms with van der Waals surface area (Å²) < 4.78 is 0. The SMILES string of the molecule is CC(=O)N(c1ccc(C(=O)O)c(O)c1)C(C(=O)NCC(=O)O)C(C)C. The van der Waals surface area contributed by atoms with Gasteiger partial charge in [0.25, 0.3) is 0 Å². The van der Waals surface area contributed by atoms with Crippen LogP contribution in [-0.4, -0.2) is 51.7 Å². The third kappa shape index (κ3) is 4.93. The Labute approximate surface area is 143 Å². The van der Waals surface area contributed by atoms with Crippen LogP contribution in [0.2, 0.25) is 0 Å². The van der Waals surface area contributed by atoms with Gasteiger partial charge in [0.15, 0.2) is 0 Å². The van der Waals surface area contributed by atoms with E-state index in [1.807, 2.05) is 0 Å². The van der Waals surface area contributed by atoms with E-state index in [1.165, 1.54) is 13.0 Å². The summed E-state index contributed by atoms with van der Waals surface area (Å²) in [5.74, 6) is -4.68. The minimum Gasteiger partial charge on any atom is -0.507 e. The molecule has 0 aliphatic heterocycles. The quantitative estimate of drug-likeness (QED) is 0.564. The van der Waals surface area contributed by atoms with Gasteiger partial charge in [-0.25, -0.2) is 4.79 Å². The molecule has 0 heterocycles. The van der Waals surface area contributed by atoms with Crippen LogP contribution in [0.3, 0.4) is 0 Å². The number of benzene rings is 1. The van der Waals surface area contributed by atoms with Crippen molar-refractivity contribution < 1.29 is 34.5 Å². The zero-order chi connectivity index (χ0) is 19.3. The summed E-state index contributed by atoms with van der Waals surface area (Å²) in [6, 6.07) is 2.46. The lowest BCUT2D eigenvalue weighted by Gasteiger charge is -2.32. The zero-order valence-corrected chi connectivity index (χ0v) is 14.0. The molecule has 0 bridgehead atoms. The summed E-state index contributed by atoms with van der Waals surface area (Å²) in [6.45, 7) is 3.96. The van der Waals surface area contributed by atoms with Crippen LogP contribution in [-0.2, 0) is 14.4 Å². The first-order valence-electron chi connectivity index (χ1n) is 7.41. The number of hydrogen-bond donors (Lipinski definition) is 4. The van der Waals surface area contributed by atoms with Crippen LogP contribution in [0.25, 0.3) is 0 Å². The van der Waals surface area contributed by atoms with Crippen LogP contribution in [0.5, 0.6) is 5.75 Å². The van der Waals surface area contributed by atoms with Crippen molar-refractivity contribution in [3.63, 3.8) is 0 Å². The van der Waals surface area contributed by atoms with Gasteiger partial charge >= 0.3 is 11.9 Å². The molecule has 1 atom stereocenters. The first-order chi connectivity index (χ1) is 11.6. The predicted octanol–water partition coefficient (Wildman–Crippen LogP) is 0.669. The monoisotopic (exact) mass is 352 g/mol. The number of carboxylic acid groups (broad SMARTS) is 2. The average molecular weight is 352 g/mol. The molecule has 1 unspecified atom stereocenters. The molecule has 0 saturated heterocycles. The van der Waals surface area contributed by atoms with Gasteiger partial charge in [0, 0.05) is 18.7 Å². The minimum atomic E-state index is -1.34. The predicted molar refractivity (Wildman–Crippen MR) is 87.5 cm³/mol. The van der Waals surface area contributed by atoms with Gasteiger partial charge in [0.05, 0.1) is 0 Å². The van der Waals surface area contributed by atoms with Gasteiger partial charge in [-0.3, -0.25) is 19.3 Å². The van der Waals surface area contributed by atoms with Crippen molar-refractivity contribution in [2.45, 2.75) is 26.8 Å². The molecule has 1 rings (SSSR count). The Balaban J connectivity index is 3.28. The lowest BCUT2D eigenvalue weighted by atomic mass is 10.00. The lowest BCUT2D eigenvalue weighted by molar-refractivity contribution is -0.138. The third-order valence-electron chi connectivity index (χ3n) is 3.42. The fourth-order valence-corrected chi connectivity index (χ4v) is 2.37. The molecule has 136 valence electrons. The molecule has 9 nitrogen and oxygen atoms in total. The molecule has 0 saturated carbocycles. The number of anilines is 1. The second-order valence-electron chi connectivity index (χ2n) is 5.70. The number of aliphatic carboxylic acids is 1. The summed E-state index contributed by atoms with van der Waals surface area (Å²) >= 11 is 0. The Hall–Kier alpha value is -3.10. The van der Waals surface area contributed by atoms with Gasteiger partial charge < -0.3 is 20.6 Å². The van der Waals surface area contributed by atoms with E-state index in [1.54, 1.807) is 13.8 Å². The van der Waals surface area contributed by atoms with Gasteiger partial charge in [-0.1, -0.05) is 13.8 Å². The topological polar surface area (TPSA) is 144 Å². The van der Waals surface area contributed by atoms with Crippen molar-refractivity contribution in [3.8, 4) is 5.75 Å². The fourth-order valence-electron chi connectivity index (χ4n) is 2.37. The second-order valence-corrected chi connectivity index (χ2v) is 5.70. The van der Waals surface area contributed by atoms with E-state index in [9.17, 15) is 24.3 Å². The first kappa shape index (κ1) is 19.9. The molecule has 2 amide bonds. The number of rotatable bonds is 7. The van der Waals surface area contributed by atoms with E-state index in [0.717, 1.165) is 17.0 Å². The number of carboxylic acids is 2. The van der Waals surface area contributed by atoms with Crippen molar-refractivity contribution in [3.05, 3.63) is 23.8 Å². The number of carbonyl (C=O) groups excluding carboxylic acids is 2. The van der Waals surface area contributed by atoms with Crippen LogP contribution in [0, 0.1) is 5.92 Å². The molecule has 1 aromatic rings. The number of nitrogens with zero attached hydrogens (tertiary/aromatic N) is 1.